The second-order valence-electron chi connectivity index (χ2n) is 5.34. The third-order valence-corrected chi connectivity index (χ3v) is 3.50. The molecule has 0 aliphatic rings. The molecule has 0 unspecified atom stereocenters. The van der Waals surface area contributed by atoms with Crippen LogP contribution in [-0.2, 0) is 11.3 Å². The van der Waals surface area contributed by atoms with E-state index in [0.717, 1.165) is 5.56 Å². The summed E-state index contributed by atoms with van der Waals surface area (Å²) in [7, 11) is 0. The topological polar surface area (TPSA) is 88.3 Å². The van der Waals surface area contributed by atoms with Crippen molar-refractivity contribution in [2.75, 3.05) is 19.6 Å². The van der Waals surface area contributed by atoms with Crippen molar-refractivity contribution in [1.29, 1.82) is 0 Å². The van der Waals surface area contributed by atoms with Gasteiger partial charge in [0.15, 0.2) is 0 Å². The molecule has 1 heterocycles. The Hall–Kier alpha value is -2.15. The average Bonchev–Trinajstić information content (AvgIpc) is 2.64. The molecule has 1 aromatic carbocycles. The highest BCUT2D eigenvalue weighted by atomic mass is 35.5. The number of nitrogens with zero attached hydrogens (tertiary/aromatic N) is 2. The summed E-state index contributed by atoms with van der Waals surface area (Å²) in [6, 6.07) is 14.8. The Morgan fingerprint density at radius 3 is 2.35 bits per heavy atom. The van der Waals surface area contributed by atoms with Crippen LogP contribution in [0.5, 0.6) is 0 Å². The number of amides is 2. The third kappa shape index (κ3) is 7.82. The first-order valence-electron chi connectivity index (χ1n) is 7.91. The van der Waals surface area contributed by atoms with Crippen molar-refractivity contribution in [3.63, 3.8) is 0 Å². The maximum Gasteiger partial charge on any atom is 0.270 e. The van der Waals surface area contributed by atoms with Crippen LogP contribution in [0.1, 0.15) is 22.5 Å². The fourth-order valence-corrected chi connectivity index (χ4v) is 2.23. The maximum absolute atomic E-state index is 12.4. The lowest BCUT2D eigenvalue weighted by Crippen LogP contribution is -2.40. The quantitative estimate of drug-likeness (QED) is 0.711. The molecule has 142 valence electrons. The molecular formula is C18H24Cl2N4O2. The minimum Gasteiger partial charge on any atom is -0.342 e. The Labute approximate surface area is 166 Å². The lowest BCUT2D eigenvalue weighted by Gasteiger charge is -2.23. The van der Waals surface area contributed by atoms with E-state index in [9.17, 15) is 9.59 Å². The largest absolute Gasteiger partial charge is 0.342 e. The van der Waals surface area contributed by atoms with Crippen molar-refractivity contribution in [2.45, 2.75) is 13.0 Å². The van der Waals surface area contributed by atoms with Gasteiger partial charge in [0.1, 0.15) is 5.69 Å². The molecule has 0 radical (unpaired) electrons. The van der Waals surface area contributed by atoms with Crippen LogP contribution in [0.15, 0.2) is 54.7 Å². The van der Waals surface area contributed by atoms with Crippen LogP contribution in [-0.4, -0.2) is 41.3 Å². The van der Waals surface area contributed by atoms with E-state index in [1.165, 1.54) is 0 Å². The molecule has 0 atom stereocenters. The molecule has 2 aromatic rings. The van der Waals surface area contributed by atoms with Crippen molar-refractivity contribution in [1.82, 2.24) is 15.2 Å². The highest BCUT2D eigenvalue weighted by Gasteiger charge is 2.15. The van der Waals surface area contributed by atoms with E-state index in [1.54, 1.807) is 29.3 Å². The minimum atomic E-state index is -0.359. The lowest BCUT2D eigenvalue weighted by atomic mass is 10.2. The third-order valence-electron chi connectivity index (χ3n) is 3.50. The zero-order valence-electron chi connectivity index (χ0n) is 14.3. The molecular weight excluding hydrogens is 375 g/mol. The second-order valence-corrected chi connectivity index (χ2v) is 5.34. The molecule has 3 N–H and O–H groups in total. The number of nitrogens with two attached hydrogens (primary N) is 1. The Balaban J connectivity index is 0.00000312. The number of pyridine rings is 1. The van der Waals surface area contributed by atoms with Crippen LogP contribution >= 0.6 is 24.8 Å². The van der Waals surface area contributed by atoms with Gasteiger partial charge in [-0.05, 0) is 30.7 Å². The summed E-state index contributed by atoms with van der Waals surface area (Å²) in [5.41, 5.74) is 6.89. The van der Waals surface area contributed by atoms with Crippen molar-refractivity contribution in [2.24, 2.45) is 5.73 Å². The first-order valence-corrected chi connectivity index (χ1v) is 7.91. The second kappa shape index (κ2) is 13.1. The summed E-state index contributed by atoms with van der Waals surface area (Å²) in [6.45, 7) is 1.51. The van der Waals surface area contributed by atoms with Gasteiger partial charge in [0.25, 0.3) is 5.91 Å². The zero-order valence-corrected chi connectivity index (χ0v) is 16.0. The standard InChI is InChI=1S/C18H22N4O2.2ClH/c19-10-6-12-22(14-15-7-2-1-3-8-15)17(23)13-21-18(24)16-9-4-5-11-20-16;;/h1-5,7-9,11H,6,10,12-14,19H2,(H,21,24);2*1H. The Morgan fingerprint density at radius 2 is 1.73 bits per heavy atom. The van der Waals surface area contributed by atoms with Crippen LogP contribution in [0.4, 0.5) is 0 Å². The number of carbonyl (C=O) groups is 2. The predicted octanol–water partition coefficient (Wildman–Crippen LogP) is 2.03. The van der Waals surface area contributed by atoms with E-state index in [4.69, 9.17) is 5.73 Å². The van der Waals surface area contributed by atoms with Crippen LogP contribution in [0, 0.1) is 0 Å². The highest BCUT2D eigenvalue weighted by molar-refractivity contribution is 5.94. The van der Waals surface area contributed by atoms with Gasteiger partial charge in [0.05, 0.1) is 6.54 Å². The van der Waals surface area contributed by atoms with Crippen LogP contribution in [0.2, 0.25) is 0 Å². The highest BCUT2D eigenvalue weighted by Crippen LogP contribution is 2.05. The summed E-state index contributed by atoms with van der Waals surface area (Å²) >= 11 is 0. The fourth-order valence-electron chi connectivity index (χ4n) is 2.23. The van der Waals surface area contributed by atoms with Gasteiger partial charge in [-0.3, -0.25) is 14.6 Å². The van der Waals surface area contributed by atoms with Gasteiger partial charge in [-0.1, -0.05) is 36.4 Å². The molecule has 0 bridgehead atoms. The average molecular weight is 399 g/mol. The Kier molecular flexibility index (Phi) is 12.0. The molecule has 2 amide bonds. The smallest absolute Gasteiger partial charge is 0.270 e. The van der Waals surface area contributed by atoms with Crippen LogP contribution in [0.25, 0.3) is 0 Å². The molecule has 0 fully saturated rings. The van der Waals surface area contributed by atoms with Crippen LogP contribution in [0.3, 0.4) is 0 Å². The minimum absolute atomic E-state index is 0. The number of hydrogen-bond donors (Lipinski definition) is 2. The molecule has 0 spiro atoms. The number of aromatic nitrogens is 1. The molecule has 0 saturated carbocycles. The Bertz CT molecular complexity index is 657. The van der Waals surface area contributed by atoms with Gasteiger partial charge in [0, 0.05) is 19.3 Å². The zero-order chi connectivity index (χ0) is 17.2. The van der Waals surface area contributed by atoms with Crippen molar-refractivity contribution in [3.05, 3.63) is 66.0 Å². The van der Waals surface area contributed by atoms with Gasteiger partial charge in [-0.2, -0.15) is 0 Å². The molecule has 0 aliphatic heterocycles. The monoisotopic (exact) mass is 398 g/mol. The molecule has 2 rings (SSSR count). The number of halogens is 2. The SMILES string of the molecule is Cl.Cl.NCCCN(Cc1ccccc1)C(=O)CNC(=O)c1ccccn1. The van der Waals surface area contributed by atoms with E-state index >= 15 is 0 Å². The predicted molar refractivity (Wildman–Crippen MR) is 107 cm³/mol. The number of carbonyl (C=O) groups excluding carboxylic acids is 2. The summed E-state index contributed by atoms with van der Waals surface area (Å²) < 4.78 is 0. The molecule has 1 aromatic heterocycles. The van der Waals surface area contributed by atoms with Gasteiger partial charge in [-0.15, -0.1) is 24.8 Å². The van der Waals surface area contributed by atoms with Crippen LogP contribution < -0.4 is 11.1 Å². The summed E-state index contributed by atoms with van der Waals surface area (Å²) in [4.78, 5) is 30.1. The molecule has 8 heteroatoms. The normalized spacial score (nSPS) is 9.42. The van der Waals surface area contributed by atoms with Gasteiger partial charge < -0.3 is 16.0 Å². The fraction of sp³-hybridized carbons (Fsp3) is 0.278. The summed E-state index contributed by atoms with van der Waals surface area (Å²) in [5, 5.41) is 2.62. The summed E-state index contributed by atoms with van der Waals surface area (Å²) in [5.74, 6) is -0.501. The number of nitrogens with one attached hydrogen (secondary N) is 1. The van der Waals surface area contributed by atoms with Gasteiger partial charge in [0.2, 0.25) is 5.91 Å². The lowest BCUT2D eigenvalue weighted by molar-refractivity contribution is -0.130. The van der Waals surface area contributed by atoms with Gasteiger partial charge in [-0.25, -0.2) is 0 Å². The summed E-state index contributed by atoms with van der Waals surface area (Å²) in [6.07, 6.45) is 2.26. The van der Waals surface area contributed by atoms with Gasteiger partial charge >= 0.3 is 0 Å². The molecule has 6 nitrogen and oxygen atoms in total. The van der Waals surface area contributed by atoms with E-state index < -0.39 is 0 Å². The van der Waals surface area contributed by atoms with E-state index in [2.05, 4.69) is 10.3 Å². The number of hydrogen-bond acceptors (Lipinski definition) is 4. The number of rotatable bonds is 8. The molecule has 0 saturated heterocycles. The van der Waals surface area contributed by atoms with Crippen molar-refractivity contribution >= 4 is 36.6 Å². The van der Waals surface area contributed by atoms with E-state index in [1.807, 2.05) is 30.3 Å². The van der Waals surface area contributed by atoms with E-state index in [0.29, 0.717) is 31.7 Å². The maximum atomic E-state index is 12.4. The molecule has 0 aliphatic carbocycles. The first-order chi connectivity index (χ1) is 11.7. The van der Waals surface area contributed by atoms with E-state index in [-0.39, 0.29) is 43.2 Å². The van der Waals surface area contributed by atoms with Crippen molar-refractivity contribution < 1.29 is 9.59 Å². The number of benzene rings is 1. The Morgan fingerprint density at radius 1 is 1.04 bits per heavy atom. The first kappa shape index (κ1) is 23.9. The van der Waals surface area contributed by atoms with Crippen molar-refractivity contribution in [3.8, 4) is 0 Å². The molecule has 26 heavy (non-hydrogen) atoms.